The minimum Gasteiger partial charge on any atom is -0.324 e. The van der Waals surface area contributed by atoms with Gasteiger partial charge in [0.15, 0.2) is 0 Å². The maximum Gasteiger partial charge on any atom is 0.337 e. The molecule has 0 heterocycles. The summed E-state index contributed by atoms with van der Waals surface area (Å²) < 4.78 is 17.3. The first-order valence-corrected chi connectivity index (χ1v) is 8.18. The Morgan fingerprint density at radius 3 is 1.84 bits per heavy atom. The molecule has 1 unspecified atom stereocenters. The van der Waals surface area contributed by atoms with Crippen LogP contribution >= 0.6 is 7.60 Å². The van der Waals surface area contributed by atoms with E-state index in [0.717, 1.165) is 5.56 Å². The minimum absolute atomic E-state index is 0.0749. The van der Waals surface area contributed by atoms with Crippen molar-refractivity contribution < 1.29 is 14.0 Å². The average Bonchev–Trinajstić information content (AvgIpc) is 2.27. The highest BCUT2D eigenvalue weighted by Crippen LogP contribution is 2.60. The van der Waals surface area contributed by atoms with Gasteiger partial charge in [0.1, 0.15) is 0 Å². The molecule has 0 radical (unpaired) electrons. The summed E-state index contributed by atoms with van der Waals surface area (Å²) in [6.45, 7) is 11.9. The van der Waals surface area contributed by atoms with Crippen LogP contribution in [-0.2, 0) is 19.7 Å². The summed E-state index contributed by atoms with van der Waals surface area (Å²) in [6, 6.07) is 7.87. The normalized spacial score (nSPS) is 16.2. The lowest BCUT2D eigenvalue weighted by atomic mass is 9.86. The van der Waals surface area contributed by atoms with Gasteiger partial charge in [-0.05, 0) is 37.3 Å². The van der Waals surface area contributed by atoms with Gasteiger partial charge in [0.25, 0.3) is 0 Å². The summed E-state index contributed by atoms with van der Waals surface area (Å²) in [7, 11) is -3.67. The summed E-state index contributed by atoms with van der Waals surface area (Å²) in [4.78, 5) is 10.1. The Kier molecular flexibility index (Phi) is 4.66. The maximum absolute atomic E-state index is 12.3. The Morgan fingerprint density at radius 2 is 1.47 bits per heavy atom. The molecule has 0 aromatic heterocycles. The van der Waals surface area contributed by atoms with Gasteiger partial charge in [0.05, 0.1) is 11.8 Å². The van der Waals surface area contributed by atoms with Crippen molar-refractivity contribution in [2.24, 2.45) is 0 Å². The zero-order valence-corrected chi connectivity index (χ0v) is 13.6. The monoisotopic (exact) mass is 284 g/mol. The number of benzene rings is 1. The smallest absolute Gasteiger partial charge is 0.324 e. The van der Waals surface area contributed by atoms with Crippen molar-refractivity contribution in [3.8, 4) is 0 Å². The van der Waals surface area contributed by atoms with E-state index in [2.05, 4.69) is 20.8 Å². The van der Waals surface area contributed by atoms with Gasteiger partial charge < -0.3 is 9.42 Å². The van der Waals surface area contributed by atoms with Gasteiger partial charge in [-0.1, -0.05) is 45.0 Å². The van der Waals surface area contributed by atoms with Crippen LogP contribution in [0.4, 0.5) is 0 Å². The van der Waals surface area contributed by atoms with Crippen molar-refractivity contribution in [3.63, 3.8) is 0 Å². The van der Waals surface area contributed by atoms with Crippen molar-refractivity contribution in [3.05, 3.63) is 35.4 Å². The predicted molar refractivity (Wildman–Crippen MR) is 79.6 cm³/mol. The summed E-state index contributed by atoms with van der Waals surface area (Å²) in [5, 5.41) is -0.903. The molecule has 0 fully saturated rings. The van der Waals surface area contributed by atoms with Crippen LogP contribution in [0.5, 0.6) is 0 Å². The fourth-order valence-electron chi connectivity index (χ4n) is 1.88. The number of hydrogen-bond acceptors (Lipinski definition) is 2. The van der Waals surface area contributed by atoms with Crippen LogP contribution in [-0.4, -0.2) is 11.5 Å². The molecule has 0 bridgehead atoms. The van der Waals surface area contributed by atoms with Crippen LogP contribution in [0.1, 0.15) is 52.7 Å². The third-order valence-electron chi connectivity index (χ3n) is 3.47. The van der Waals surface area contributed by atoms with E-state index in [-0.39, 0.29) is 12.0 Å². The molecular formula is C15H25O3P. The second-order valence-corrected chi connectivity index (χ2v) is 8.74. The molecule has 1 aromatic carbocycles. The first-order valence-electron chi connectivity index (χ1n) is 6.61. The summed E-state index contributed by atoms with van der Waals surface area (Å²) >= 11 is 0. The Balaban J connectivity index is 3.13. The van der Waals surface area contributed by atoms with Gasteiger partial charge in [-0.15, -0.1) is 0 Å². The molecule has 0 saturated carbocycles. The molecule has 1 N–H and O–H groups in total. The molecule has 3 nitrogen and oxygen atoms in total. The third-order valence-corrected chi connectivity index (χ3v) is 5.75. The van der Waals surface area contributed by atoms with Gasteiger partial charge in [-0.3, -0.25) is 4.57 Å². The van der Waals surface area contributed by atoms with E-state index in [4.69, 9.17) is 4.52 Å². The maximum atomic E-state index is 12.3. The first kappa shape index (κ1) is 16.4. The molecule has 1 rings (SSSR count). The van der Waals surface area contributed by atoms with Crippen molar-refractivity contribution in [2.45, 2.75) is 52.1 Å². The van der Waals surface area contributed by atoms with E-state index in [1.807, 2.05) is 24.3 Å². The quantitative estimate of drug-likeness (QED) is 0.831. The van der Waals surface area contributed by atoms with E-state index in [0.29, 0.717) is 0 Å². The SMILES string of the molecule is CCOP(=O)(O)C(C)(C)c1ccc(C(C)(C)C)cc1. The van der Waals surface area contributed by atoms with Gasteiger partial charge >= 0.3 is 7.60 Å². The molecule has 4 heteroatoms. The molecule has 0 saturated heterocycles. The molecule has 0 aliphatic rings. The van der Waals surface area contributed by atoms with Crippen molar-refractivity contribution in [2.75, 3.05) is 6.61 Å². The highest BCUT2D eigenvalue weighted by molar-refractivity contribution is 7.54. The Morgan fingerprint density at radius 1 is 1.05 bits per heavy atom. The van der Waals surface area contributed by atoms with Gasteiger partial charge in [0, 0.05) is 0 Å². The molecule has 0 spiro atoms. The molecule has 0 amide bonds. The van der Waals surface area contributed by atoms with Crippen LogP contribution < -0.4 is 0 Å². The largest absolute Gasteiger partial charge is 0.337 e. The van der Waals surface area contributed by atoms with Gasteiger partial charge in [0.2, 0.25) is 0 Å². The Hall–Kier alpha value is -0.630. The first-order chi connectivity index (χ1) is 8.52. The lowest BCUT2D eigenvalue weighted by Gasteiger charge is -2.30. The highest BCUT2D eigenvalue weighted by atomic mass is 31.2. The van der Waals surface area contributed by atoms with E-state index >= 15 is 0 Å². The summed E-state index contributed by atoms with van der Waals surface area (Å²) in [5.41, 5.74) is 2.10. The standard InChI is InChI=1S/C15H25O3P/c1-7-18-19(16,17)15(5,6)13-10-8-12(9-11-13)14(2,3)4/h8-11H,7H2,1-6H3,(H,16,17). The lowest BCUT2D eigenvalue weighted by molar-refractivity contribution is 0.251. The molecule has 1 atom stereocenters. The van der Waals surface area contributed by atoms with Crippen LogP contribution in [0.15, 0.2) is 24.3 Å². The third kappa shape index (κ3) is 3.47. The van der Waals surface area contributed by atoms with E-state index in [1.54, 1.807) is 20.8 Å². The molecule has 0 aliphatic carbocycles. The van der Waals surface area contributed by atoms with E-state index in [1.165, 1.54) is 5.56 Å². The molecular weight excluding hydrogens is 259 g/mol. The van der Waals surface area contributed by atoms with Gasteiger partial charge in [-0.25, -0.2) is 0 Å². The van der Waals surface area contributed by atoms with Crippen LogP contribution in [0.25, 0.3) is 0 Å². The van der Waals surface area contributed by atoms with Crippen LogP contribution in [0, 0.1) is 0 Å². The van der Waals surface area contributed by atoms with E-state index < -0.39 is 12.8 Å². The highest BCUT2D eigenvalue weighted by Gasteiger charge is 2.41. The van der Waals surface area contributed by atoms with Gasteiger partial charge in [-0.2, -0.15) is 0 Å². The lowest BCUT2D eigenvalue weighted by Crippen LogP contribution is -2.20. The number of hydrogen-bond donors (Lipinski definition) is 1. The second-order valence-electron chi connectivity index (χ2n) is 6.32. The second kappa shape index (κ2) is 5.40. The predicted octanol–water partition coefficient (Wildman–Crippen LogP) is 4.44. The van der Waals surface area contributed by atoms with E-state index in [9.17, 15) is 9.46 Å². The Labute approximate surface area is 116 Å². The minimum atomic E-state index is -3.67. The molecule has 0 aliphatic heterocycles. The van der Waals surface area contributed by atoms with Crippen LogP contribution in [0.3, 0.4) is 0 Å². The van der Waals surface area contributed by atoms with Crippen molar-refractivity contribution in [1.82, 2.24) is 0 Å². The Bertz CT molecular complexity index is 469. The zero-order valence-electron chi connectivity index (χ0n) is 12.7. The topological polar surface area (TPSA) is 46.5 Å². The van der Waals surface area contributed by atoms with Crippen molar-refractivity contribution in [1.29, 1.82) is 0 Å². The fraction of sp³-hybridized carbons (Fsp3) is 0.600. The molecule has 108 valence electrons. The average molecular weight is 284 g/mol. The molecule has 1 aromatic rings. The molecule has 19 heavy (non-hydrogen) atoms. The fourth-order valence-corrected chi connectivity index (χ4v) is 3.03. The summed E-state index contributed by atoms with van der Waals surface area (Å²) in [5.74, 6) is 0. The zero-order chi connectivity index (χ0) is 14.9. The number of rotatable bonds is 4. The van der Waals surface area contributed by atoms with Crippen LogP contribution in [0.2, 0.25) is 0 Å². The van der Waals surface area contributed by atoms with Crippen molar-refractivity contribution >= 4 is 7.60 Å². The summed E-state index contributed by atoms with van der Waals surface area (Å²) in [6.07, 6.45) is 0.